The molecule has 1 aliphatic heterocycles. The van der Waals surface area contributed by atoms with Gasteiger partial charge in [-0.15, -0.1) is 0 Å². The van der Waals surface area contributed by atoms with E-state index in [1.54, 1.807) is 6.20 Å². The van der Waals surface area contributed by atoms with Gasteiger partial charge in [0.05, 0.1) is 30.1 Å². The zero-order valence-electron chi connectivity index (χ0n) is 13.2. The van der Waals surface area contributed by atoms with Crippen LogP contribution in [0.4, 0.5) is 0 Å². The van der Waals surface area contributed by atoms with Gasteiger partial charge in [-0.25, -0.2) is 0 Å². The van der Waals surface area contributed by atoms with Crippen molar-refractivity contribution in [2.75, 3.05) is 13.2 Å². The molecular formula is C16H25N3O4. The molecule has 3 rings (SSSR count). The number of aromatic amines is 1. The Bertz CT molecular complexity index is 527. The molecule has 23 heavy (non-hydrogen) atoms. The fourth-order valence-corrected chi connectivity index (χ4v) is 3.62. The molecule has 1 aromatic heterocycles. The van der Waals surface area contributed by atoms with Crippen LogP contribution in [0.1, 0.15) is 60.5 Å². The van der Waals surface area contributed by atoms with Crippen LogP contribution in [0.25, 0.3) is 0 Å². The second-order valence-corrected chi connectivity index (χ2v) is 6.48. The number of hydrogen-bond donors (Lipinski definition) is 4. The van der Waals surface area contributed by atoms with Gasteiger partial charge in [-0.1, -0.05) is 19.3 Å². The quantitative estimate of drug-likeness (QED) is 0.652. The van der Waals surface area contributed by atoms with Gasteiger partial charge in [0, 0.05) is 12.5 Å². The molecule has 2 heterocycles. The van der Waals surface area contributed by atoms with Crippen molar-refractivity contribution in [1.82, 2.24) is 15.5 Å². The summed E-state index contributed by atoms with van der Waals surface area (Å²) in [5.41, 5.74) is 1.47. The second kappa shape index (κ2) is 7.42. The molecular weight excluding hydrogens is 298 g/mol. The summed E-state index contributed by atoms with van der Waals surface area (Å²) in [5, 5.41) is 29.3. The van der Waals surface area contributed by atoms with Crippen molar-refractivity contribution in [1.29, 1.82) is 0 Å². The average Bonchev–Trinajstić information content (AvgIpc) is 3.07. The van der Waals surface area contributed by atoms with Crippen molar-refractivity contribution in [2.45, 2.75) is 62.7 Å². The minimum absolute atomic E-state index is 0.220. The minimum atomic E-state index is -0.900. The summed E-state index contributed by atoms with van der Waals surface area (Å²) in [4.78, 5) is 12.6. The van der Waals surface area contributed by atoms with Gasteiger partial charge >= 0.3 is 0 Å². The van der Waals surface area contributed by atoms with E-state index < -0.39 is 18.2 Å². The maximum absolute atomic E-state index is 12.6. The van der Waals surface area contributed by atoms with E-state index >= 15 is 0 Å². The minimum Gasteiger partial charge on any atom is -0.394 e. The largest absolute Gasteiger partial charge is 0.394 e. The monoisotopic (exact) mass is 323 g/mol. The molecule has 0 unspecified atom stereocenters. The Labute approximate surface area is 135 Å². The number of aliphatic hydroxyl groups is 2. The molecule has 1 saturated carbocycles. The SMILES string of the molecule is O=C(N[C@H]1CCO[C@H](CO)[C@H]1O)c1cn[nH]c1C1CCCCC1. The Kier molecular flexibility index (Phi) is 5.30. The van der Waals surface area contributed by atoms with Crippen molar-refractivity contribution in [2.24, 2.45) is 0 Å². The van der Waals surface area contributed by atoms with Crippen LogP contribution in [0.5, 0.6) is 0 Å². The molecule has 3 atom stereocenters. The Morgan fingerprint density at radius 1 is 1.35 bits per heavy atom. The molecule has 0 bridgehead atoms. The van der Waals surface area contributed by atoms with Gasteiger partial charge in [-0.3, -0.25) is 9.89 Å². The number of carbonyl (C=O) groups excluding carboxylic acids is 1. The second-order valence-electron chi connectivity index (χ2n) is 6.48. The lowest BCUT2D eigenvalue weighted by atomic mass is 9.85. The highest BCUT2D eigenvalue weighted by molar-refractivity contribution is 5.95. The zero-order chi connectivity index (χ0) is 16.2. The molecule has 4 N–H and O–H groups in total. The third-order valence-electron chi connectivity index (χ3n) is 4.98. The van der Waals surface area contributed by atoms with Gasteiger partial charge in [0.2, 0.25) is 0 Å². The Balaban J connectivity index is 1.67. The number of hydrogen-bond acceptors (Lipinski definition) is 5. The number of carbonyl (C=O) groups is 1. The lowest BCUT2D eigenvalue weighted by Gasteiger charge is -2.34. The highest BCUT2D eigenvalue weighted by Crippen LogP contribution is 2.33. The molecule has 1 saturated heterocycles. The summed E-state index contributed by atoms with van der Waals surface area (Å²) in [5.74, 6) is 0.138. The zero-order valence-corrected chi connectivity index (χ0v) is 13.2. The summed E-state index contributed by atoms with van der Waals surface area (Å²) in [6.07, 6.45) is 6.32. The molecule has 1 aromatic rings. The first-order valence-electron chi connectivity index (χ1n) is 8.45. The third kappa shape index (κ3) is 3.57. The molecule has 0 aromatic carbocycles. The summed E-state index contributed by atoms with van der Waals surface area (Å²) in [7, 11) is 0. The van der Waals surface area contributed by atoms with Gasteiger partial charge in [0.25, 0.3) is 5.91 Å². The van der Waals surface area contributed by atoms with Crippen molar-refractivity contribution < 1.29 is 19.7 Å². The van der Waals surface area contributed by atoms with Gasteiger partial charge in [-0.05, 0) is 19.3 Å². The predicted molar refractivity (Wildman–Crippen MR) is 83.1 cm³/mol. The highest BCUT2D eigenvalue weighted by Gasteiger charge is 2.34. The summed E-state index contributed by atoms with van der Waals surface area (Å²) >= 11 is 0. The smallest absolute Gasteiger partial charge is 0.255 e. The number of H-pyrrole nitrogens is 1. The number of nitrogens with zero attached hydrogens (tertiary/aromatic N) is 1. The maximum atomic E-state index is 12.6. The fraction of sp³-hybridized carbons (Fsp3) is 0.750. The van der Waals surface area contributed by atoms with Gasteiger partial charge in [-0.2, -0.15) is 5.10 Å². The normalized spacial score (nSPS) is 29.4. The van der Waals surface area contributed by atoms with E-state index in [9.17, 15) is 15.0 Å². The van der Waals surface area contributed by atoms with Crippen molar-refractivity contribution in [3.05, 3.63) is 17.5 Å². The van der Waals surface area contributed by atoms with Crippen LogP contribution in [-0.4, -0.2) is 57.8 Å². The van der Waals surface area contributed by atoms with Crippen LogP contribution in [0.2, 0.25) is 0 Å². The predicted octanol–water partition coefficient (Wildman–Crippen LogP) is 0.698. The summed E-state index contributed by atoms with van der Waals surface area (Å²) in [6.45, 7) is 0.153. The first-order valence-corrected chi connectivity index (χ1v) is 8.45. The standard InChI is InChI=1S/C16H25N3O4/c20-9-13-15(21)12(6-7-23-13)18-16(22)11-8-17-19-14(11)10-4-2-1-3-5-10/h8,10,12-13,15,20-21H,1-7,9H2,(H,17,19)(H,18,22)/t12-,13+,15-/m0/s1. The highest BCUT2D eigenvalue weighted by atomic mass is 16.5. The lowest BCUT2D eigenvalue weighted by molar-refractivity contribution is -0.107. The maximum Gasteiger partial charge on any atom is 0.255 e. The van der Waals surface area contributed by atoms with E-state index in [4.69, 9.17) is 4.74 Å². The molecule has 2 aliphatic rings. The Hall–Kier alpha value is -1.44. The first-order chi connectivity index (χ1) is 11.2. The molecule has 1 aliphatic carbocycles. The molecule has 2 fully saturated rings. The van der Waals surface area contributed by atoms with Crippen LogP contribution >= 0.6 is 0 Å². The number of ether oxygens (including phenoxy) is 1. The number of aliphatic hydroxyl groups excluding tert-OH is 2. The summed E-state index contributed by atoms with van der Waals surface area (Å²) in [6, 6.07) is -0.414. The van der Waals surface area contributed by atoms with E-state index in [1.807, 2.05) is 0 Å². The van der Waals surface area contributed by atoms with Crippen molar-refractivity contribution >= 4 is 5.91 Å². The fourth-order valence-electron chi connectivity index (χ4n) is 3.62. The van der Waals surface area contributed by atoms with E-state index in [1.165, 1.54) is 19.3 Å². The average molecular weight is 323 g/mol. The van der Waals surface area contributed by atoms with Crippen LogP contribution in [0.15, 0.2) is 6.20 Å². The lowest BCUT2D eigenvalue weighted by Crippen LogP contribution is -2.54. The van der Waals surface area contributed by atoms with Crippen molar-refractivity contribution in [3.63, 3.8) is 0 Å². The third-order valence-corrected chi connectivity index (χ3v) is 4.98. The molecule has 0 radical (unpaired) electrons. The van der Waals surface area contributed by atoms with Crippen LogP contribution in [-0.2, 0) is 4.74 Å². The van der Waals surface area contributed by atoms with Gasteiger partial charge < -0.3 is 20.3 Å². The molecule has 1 amide bonds. The summed E-state index contributed by atoms with van der Waals surface area (Å²) < 4.78 is 5.29. The van der Waals surface area contributed by atoms with Crippen LogP contribution < -0.4 is 5.32 Å². The number of rotatable bonds is 4. The van der Waals surface area contributed by atoms with E-state index in [0.29, 0.717) is 24.5 Å². The van der Waals surface area contributed by atoms with Gasteiger partial charge in [0.15, 0.2) is 0 Å². The molecule has 7 heteroatoms. The molecule has 0 spiro atoms. The number of nitrogens with one attached hydrogen (secondary N) is 2. The van der Waals surface area contributed by atoms with Gasteiger partial charge in [0.1, 0.15) is 12.2 Å². The molecule has 7 nitrogen and oxygen atoms in total. The van der Waals surface area contributed by atoms with Crippen LogP contribution in [0, 0.1) is 0 Å². The first kappa shape index (κ1) is 16.4. The van der Waals surface area contributed by atoms with E-state index in [0.717, 1.165) is 18.5 Å². The number of amides is 1. The van der Waals surface area contributed by atoms with Crippen LogP contribution in [0.3, 0.4) is 0 Å². The molecule has 128 valence electrons. The van der Waals surface area contributed by atoms with E-state index in [2.05, 4.69) is 15.5 Å². The topological polar surface area (TPSA) is 107 Å². The number of aromatic nitrogens is 2. The van der Waals surface area contributed by atoms with E-state index in [-0.39, 0.29) is 12.5 Å². The Morgan fingerprint density at radius 3 is 2.87 bits per heavy atom. The van der Waals surface area contributed by atoms with Crippen molar-refractivity contribution in [3.8, 4) is 0 Å². The Morgan fingerprint density at radius 2 is 2.13 bits per heavy atom.